The van der Waals surface area contributed by atoms with Gasteiger partial charge in [-0.2, -0.15) is 4.98 Å². The summed E-state index contributed by atoms with van der Waals surface area (Å²) in [5, 5.41) is 4.01. The highest BCUT2D eigenvalue weighted by Crippen LogP contribution is 2.17. The summed E-state index contributed by atoms with van der Waals surface area (Å²) in [7, 11) is 0. The normalized spacial score (nSPS) is 10.4. The Morgan fingerprint density at radius 3 is 2.78 bits per heavy atom. The Labute approximate surface area is 158 Å². The van der Waals surface area contributed by atoms with Gasteiger partial charge in [-0.1, -0.05) is 53.2 Å². The Bertz CT molecular complexity index is 906. The lowest BCUT2D eigenvalue weighted by Gasteiger charge is -2.19. The first-order valence-electron chi connectivity index (χ1n) is 8.62. The Kier molecular flexibility index (Phi) is 5.99. The standard InChI is InChI=1S/C21H21N3O3/c1-3-12-24(20(25)15-26-18-10-5-4-6-11-18)14-19-22-21(23-27-19)17-9-7-8-16(2)13-17/h3-11,13H,1,12,14-15H2,2H3. The molecule has 3 rings (SSSR count). The topological polar surface area (TPSA) is 68.5 Å². The fourth-order valence-electron chi connectivity index (χ4n) is 2.55. The maximum absolute atomic E-state index is 12.5. The monoisotopic (exact) mass is 363 g/mol. The van der Waals surface area contributed by atoms with Crippen molar-refractivity contribution in [3.63, 3.8) is 0 Å². The van der Waals surface area contributed by atoms with Gasteiger partial charge in [0.2, 0.25) is 11.7 Å². The van der Waals surface area contributed by atoms with Gasteiger partial charge in [0.05, 0.1) is 0 Å². The second-order valence-corrected chi connectivity index (χ2v) is 6.05. The second-order valence-electron chi connectivity index (χ2n) is 6.05. The van der Waals surface area contributed by atoms with Crippen molar-refractivity contribution in [2.45, 2.75) is 13.5 Å². The minimum absolute atomic E-state index is 0.0727. The first-order valence-corrected chi connectivity index (χ1v) is 8.62. The van der Waals surface area contributed by atoms with Gasteiger partial charge in [-0.3, -0.25) is 4.79 Å². The molecule has 0 unspecified atom stereocenters. The van der Waals surface area contributed by atoms with Crippen LogP contribution in [0.15, 0.2) is 71.8 Å². The van der Waals surface area contributed by atoms with E-state index in [0.29, 0.717) is 24.0 Å². The quantitative estimate of drug-likeness (QED) is 0.572. The van der Waals surface area contributed by atoms with Crippen molar-refractivity contribution in [1.29, 1.82) is 0 Å². The van der Waals surface area contributed by atoms with Gasteiger partial charge < -0.3 is 14.2 Å². The van der Waals surface area contributed by atoms with E-state index in [1.54, 1.807) is 23.1 Å². The zero-order valence-corrected chi connectivity index (χ0v) is 15.2. The smallest absolute Gasteiger partial charge is 0.261 e. The Hall–Kier alpha value is -3.41. The lowest BCUT2D eigenvalue weighted by molar-refractivity contribution is -0.133. The van der Waals surface area contributed by atoms with Crippen molar-refractivity contribution >= 4 is 5.91 Å². The zero-order chi connectivity index (χ0) is 19.1. The van der Waals surface area contributed by atoms with E-state index in [0.717, 1.165) is 11.1 Å². The largest absolute Gasteiger partial charge is 0.484 e. The highest BCUT2D eigenvalue weighted by atomic mass is 16.5. The van der Waals surface area contributed by atoms with Gasteiger partial charge >= 0.3 is 0 Å². The van der Waals surface area contributed by atoms with E-state index in [-0.39, 0.29) is 19.1 Å². The molecule has 1 amide bonds. The summed E-state index contributed by atoms with van der Waals surface area (Å²) in [6, 6.07) is 17.0. The van der Waals surface area contributed by atoms with Gasteiger partial charge in [0.25, 0.3) is 5.91 Å². The van der Waals surface area contributed by atoms with Crippen LogP contribution in [0.3, 0.4) is 0 Å². The lowest BCUT2D eigenvalue weighted by Crippen LogP contribution is -2.34. The molecular formula is C21H21N3O3. The lowest BCUT2D eigenvalue weighted by atomic mass is 10.1. The predicted octanol–water partition coefficient (Wildman–Crippen LogP) is 3.64. The van der Waals surface area contributed by atoms with Gasteiger partial charge in [0.15, 0.2) is 6.61 Å². The van der Waals surface area contributed by atoms with Crippen LogP contribution in [0.2, 0.25) is 0 Å². The molecule has 0 bridgehead atoms. The number of amides is 1. The van der Waals surface area contributed by atoms with Crippen LogP contribution in [0, 0.1) is 6.92 Å². The molecule has 138 valence electrons. The summed E-state index contributed by atoms with van der Waals surface area (Å²) in [5.41, 5.74) is 1.99. The molecule has 0 radical (unpaired) electrons. The summed E-state index contributed by atoms with van der Waals surface area (Å²) in [6.07, 6.45) is 1.65. The number of hydrogen-bond donors (Lipinski definition) is 0. The summed E-state index contributed by atoms with van der Waals surface area (Å²) >= 11 is 0. The SMILES string of the molecule is C=CCN(Cc1nc(-c2cccc(C)c2)no1)C(=O)COc1ccccc1. The fraction of sp³-hybridized carbons (Fsp3) is 0.190. The molecule has 6 nitrogen and oxygen atoms in total. The van der Waals surface area contributed by atoms with Crippen LogP contribution >= 0.6 is 0 Å². The third-order valence-electron chi connectivity index (χ3n) is 3.88. The number of rotatable bonds is 8. The molecule has 0 aliphatic heterocycles. The van der Waals surface area contributed by atoms with E-state index in [9.17, 15) is 4.79 Å². The van der Waals surface area contributed by atoms with E-state index >= 15 is 0 Å². The fourth-order valence-corrected chi connectivity index (χ4v) is 2.55. The summed E-state index contributed by atoms with van der Waals surface area (Å²) in [4.78, 5) is 18.5. The average molecular weight is 363 g/mol. The molecule has 0 aliphatic rings. The molecule has 1 aromatic heterocycles. The van der Waals surface area contributed by atoms with Crippen molar-refractivity contribution in [3.8, 4) is 17.1 Å². The van der Waals surface area contributed by atoms with Crippen molar-refractivity contribution in [2.24, 2.45) is 0 Å². The van der Waals surface area contributed by atoms with Crippen LogP contribution in [0.4, 0.5) is 0 Å². The van der Waals surface area contributed by atoms with Crippen molar-refractivity contribution in [3.05, 3.63) is 78.7 Å². The zero-order valence-electron chi connectivity index (χ0n) is 15.2. The molecule has 3 aromatic rings. The highest BCUT2D eigenvalue weighted by Gasteiger charge is 2.18. The summed E-state index contributed by atoms with van der Waals surface area (Å²) < 4.78 is 10.8. The molecule has 6 heteroatoms. The molecule has 0 saturated heterocycles. The van der Waals surface area contributed by atoms with Crippen LogP contribution in [0.25, 0.3) is 11.4 Å². The number of carbonyl (C=O) groups excluding carboxylic acids is 1. The number of aryl methyl sites for hydroxylation is 1. The van der Waals surface area contributed by atoms with Crippen LogP contribution in [0.1, 0.15) is 11.5 Å². The predicted molar refractivity (Wildman–Crippen MR) is 102 cm³/mol. The van der Waals surface area contributed by atoms with Gasteiger partial charge in [-0.15, -0.1) is 6.58 Å². The van der Waals surface area contributed by atoms with Crippen LogP contribution in [0.5, 0.6) is 5.75 Å². The van der Waals surface area contributed by atoms with Crippen LogP contribution in [-0.2, 0) is 11.3 Å². The number of aromatic nitrogens is 2. The van der Waals surface area contributed by atoms with Gasteiger partial charge in [0.1, 0.15) is 12.3 Å². The molecule has 0 aliphatic carbocycles. The van der Waals surface area contributed by atoms with E-state index in [1.807, 2.05) is 49.4 Å². The first-order chi connectivity index (χ1) is 13.2. The van der Waals surface area contributed by atoms with E-state index in [2.05, 4.69) is 16.7 Å². The van der Waals surface area contributed by atoms with Crippen molar-refractivity contribution in [2.75, 3.05) is 13.2 Å². The number of carbonyl (C=O) groups is 1. The minimum Gasteiger partial charge on any atom is -0.484 e. The van der Waals surface area contributed by atoms with Gasteiger partial charge in [-0.05, 0) is 25.1 Å². The number of ether oxygens (including phenoxy) is 1. The van der Waals surface area contributed by atoms with Crippen molar-refractivity contribution < 1.29 is 14.1 Å². The summed E-state index contributed by atoms with van der Waals surface area (Å²) in [6.45, 7) is 6.19. The van der Waals surface area contributed by atoms with E-state index < -0.39 is 0 Å². The molecule has 0 saturated carbocycles. The van der Waals surface area contributed by atoms with E-state index in [4.69, 9.17) is 9.26 Å². The average Bonchev–Trinajstić information content (AvgIpc) is 3.15. The molecule has 2 aromatic carbocycles. The Balaban J connectivity index is 1.65. The van der Waals surface area contributed by atoms with Crippen LogP contribution in [-0.4, -0.2) is 34.1 Å². The third-order valence-corrected chi connectivity index (χ3v) is 3.88. The third kappa shape index (κ3) is 5.04. The number of hydrogen-bond acceptors (Lipinski definition) is 5. The van der Waals surface area contributed by atoms with Gasteiger partial charge in [0, 0.05) is 12.1 Å². The summed E-state index contributed by atoms with van der Waals surface area (Å²) in [5.74, 6) is 1.32. The van der Waals surface area contributed by atoms with E-state index in [1.165, 1.54) is 0 Å². The maximum Gasteiger partial charge on any atom is 0.261 e. The molecule has 0 spiro atoms. The number of para-hydroxylation sites is 1. The van der Waals surface area contributed by atoms with Gasteiger partial charge in [-0.25, -0.2) is 0 Å². The molecule has 0 atom stereocenters. The number of benzene rings is 2. The minimum atomic E-state index is -0.186. The Morgan fingerprint density at radius 1 is 1.22 bits per heavy atom. The second kappa shape index (κ2) is 8.80. The number of nitrogens with zero attached hydrogens (tertiary/aromatic N) is 3. The first kappa shape index (κ1) is 18.4. The molecule has 0 fully saturated rings. The maximum atomic E-state index is 12.5. The molecular weight excluding hydrogens is 342 g/mol. The van der Waals surface area contributed by atoms with Crippen LogP contribution < -0.4 is 4.74 Å². The molecule has 1 heterocycles. The van der Waals surface area contributed by atoms with Crippen molar-refractivity contribution in [1.82, 2.24) is 15.0 Å². The molecule has 0 N–H and O–H groups in total. The highest BCUT2D eigenvalue weighted by molar-refractivity contribution is 5.77. The molecule has 27 heavy (non-hydrogen) atoms. The Morgan fingerprint density at radius 2 is 2.04 bits per heavy atom.